The minimum absolute atomic E-state index is 0.315. The summed E-state index contributed by atoms with van der Waals surface area (Å²) >= 11 is 0. The third-order valence-electron chi connectivity index (χ3n) is 5.34. The van der Waals surface area contributed by atoms with Gasteiger partial charge in [-0.25, -0.2) is 4.90 Å². The van der Waals surface area contributed by atoms with E-state index in [9.17, 15) is 9.59 Å². The summed E-state index contributed by atoms with van der Waals surface area (Å²) in [6.07, 6.45) is 0. The summed E-state index contributed by atoms with van der Waals surface area (Å²) in [6, 6.07) is 39.4. The fourth-order valence-corrected chi connectivity index (χ4v) is 7.64. The van der Waals surface area contributed by atoms with E-state index in [1.165, 1.54) is 11.8 Å². The highest BCUT2D eigenvalue weighted by Crippen LogP contribution is 2.43. The van der Waals surface area contributed by atoms with E-state index in [2.05, 4.69) is 36.4 Å². The van der Waals surface area contributed by atoms with Crippen LogP contribution in [0.5, 0.6) is 0 Å². The summed E-state index contributed by atoms with van der Waals surface area (Å²) in [7, 11) is 0. The highest BCUT2D eigenvalue weighted by Gasteiger charge is 2.29. The Balaban J connectivity index is 2.04. The van der Waals surface area contributed by atoms with Crippen LogP contribution < -0.4 is 20.8 Å². The van der Waals surface area contributed by atoms with Gasteiger partial charge in [0.15, 0.2) is 0 Å². The molecule has 32 heavy (non-hydrogen) atoms. The third kappa shape index (κ3) is 4.21. The molecule has 0 aliphatic heterocycles. The van der Waals surface area contributed by atoms with Crippen LogP contribution in [0.15, 0.2) is 121 Å². The first kappa shape index (κ1) is 21.5. The van der Waals surface area contributed by atoms with Gasteiger partial charge in [0.25, 0.3) is 5.91 Å². The number of nitrogens with zero attached hydrogens (tertiary/aromatic N) is 1. The first-order valence-electron chi connectivity index (χ1n) is 10.4. The number of benzene rings is 4. The summed E-state index contributed by atoms with van der Waals surface area (Å²) in [4.78, 5) is 27.6. The topological polar surface area (TPSA) is 37.4 Å². The number of carbonyl (C=O) groups is 2. The summed E-state index contributed by atoms with van der Waals surface area (Å²) in [5.41, 5.74) is 0.563. The molecule has 0 fully saturated rings. The maximum atomic E-state index is 13.8. The molecule has 0 spiro atoms. The van der Waals surface area contributed by atoms with Gasteiger partial charge in [0.2, 0.25) is 5.91 Å². The first-order chi connectivity index (χ1) is 15.6. The van der Waals surface area contributed by atoms with Crippen molar-refractivity contribution in [1.29, 1.82) is 0 Å². The molecule has 0 heterocycles. The number of imide groups is 1. The van der Waals surface area contributed by atoms with Gasteiger partial charge in [-0.3, -0.25) is 9.59 Å². The van der Waals surface area contributed by atoms with E-state index in [0.717, 1.165) is 15.9 Å². The highest BCUT2D eigenvalue weighted by atomic mass is 31.2. The zero-order valence-electron chi connectivity index (χ0n) is 17.8. The number of hydrogen-bond donors (Lipinski definition) is 0. The van der Waals surface area contributed by atoms with Crippen LogP contribution in [-0.4, -0.2) is 17.6 Å². The molecular weight excluding hydrogens is 413 g/mol. The lowest BCUT2D eigenvalue weighted by molar-refractivity contribution is -0.121. The van der Waals surface area contributed by atoms with E-state index in [1.54, 1.807) is 17.9 Å². The minimum Gasteiger partial charge on any atom is -0.274 e. The van der Waals surface area contributed by atoms with Crippen molar-refractivity contribution in [1.82, 2.24) is 0 Å². The second kappa shape index (κ2) is 9.64. The second-order valence-electron chi connectivity index (χ2n) is 7.39. The fraction of sp³-hybridized carbons (Fsp3) is 0.0357. The maximum absolute atomic E-state index is 13.8. The zero-order chi connectivity index (χ0) is 22.4. The van der Waals surface area contributed by atoms with Crippen LogP contribution in [0.25, 0.3) is 0 Å². The molecule has 4 heteroatoms. The molecule has 158 valence electrons. The van der Waals surface area contributed by atoms with Crippen LogP contribution in [0.3, 0.4) is 0 Å². The van der Waals surface area contributed by atoms with Crippen LogP contribution in [0.1, 0.15) is 6.92 Å². The van der Waals surface area contributed by atoms with Gasteiger partial charge in [0, 0.05) is 12.7 Å². The Kier molecular flexibility index (Phi) is 6.49. The smallest absolute Gasteiger partial charge is 0.258 e. The molecule has 0 aliphatic rings. The number of anilines is 1. The average Bonchev–Trinajstić information content (AvgIpc) is 2.85. The first-order valence-corrected chi connectivity index (χ1v) is 12.3. The second-order valence-corrected chi connectivity index (χ2v) is 10.6. The van der Waals surface area contributed by atoms with Crippen LogP contribution in [0, 0.1) is 0 Å². The van der Waals surface area contributed by atoms with Crippen LogP contribution >= 0.6 is 6.89 Å². The Morgan fingerprint density at radius 2 is 0.938 bits per heavy atom. The number of hydrogen-bond acceptors (Lipinski definition) is 2. The van der Waals surface area contributed by atoms with Crippen molar-refractivity contribution in [2.45, 2.75) is 6.92 Å². The molecular formula is C28H24NO2P. The molecule has 0 unspecified atom stereocenters. The predicted octanol–water partition coefficient (Wildman–Crippen LogP) is 4.36. The fourth-order valence-electron chi connectivity index (χ4n) is 3.92. The Morgan fingerprint density at radius 3 is 1.28 bits per heavy atom. The molecule has 2 amide bonds. The zero-order valence-corrected chi connectivity index (χ0v) is 18.7. The molecule has 0 aromatic heterocycles. The van der Waals surface area contributed by atoms with E-state index in [1.807, 2.05) is 72.8 Å². The lowest BCUT2D eigenvalue weighted by atomic mass is 10.3. The van der Waals surface area contributed by atoms with Crippen molar-refractivity contribution >= 4 is 46.1 Å². The Morgan fingerprint density at radius 1 is 0.594 bits per heavy atom. The lowest BCUT2D eigenvalue weighted by Crippen LogP contribution is -2.38. The summed E-state index contributed by atoms with van der Waals surface area (Å²) in [5.74, 6) is 1.14. The molecule has 4 aromatic carbocycles. The summed E-state index contributed by atoms with van der Waals surface area (Å²) in [5, 5.41) is 3.17. The van der Waals surface area contributed by atoms with Crippen molar-refractivity contribution in [2.75, 3.05) is 4.90 Å². The van der Waals surface area contributed by atoms with E-state index >= 15 is 0 Å². The summed E-state index contributed by atoms with van der Waals surface area (Å²) < 4.78 is 0. The largest absolute Gasteiger partial charge is 0.274 e. The summed E-state index contributed by atoms with van der Waals surface area (Å²) in [6.45, 7) is -1.07. The third-order valence-corrected chi connectivity index (χ3v) is 9.29. The van der Waals surface area contributed by atoms with Gasteiger partial charge < -0.3 is 0 Å². The SMILES string of the molecule is CC(=O)N(C(=O)C=P(c1ccccc1)(c1ccccc1)c1ccccc1)c1ccccc1. The minimum atomic E-state index is -2.49. The monoisotopic (exact) mass is 437 g/mol. The van der Waals surface area contributed by atoms with Crippen LogP contribution in [0.2, 0.25) is 0 Å². The Labute approximate surface area is 188 Å². The quantitative estimate of drug-likeness (QED) is 0.435. The molecule has 4 aromatic rings. The van der Waals surface area contributed by atoms with E-state index in [0.29, 0.717) is 5.69 Å². The predicted molar refractivity (Wildman–Crippen MR) is 136 cm³/mol. The van der Waals surface area contributed by atoms with Crippen molar-refractivity contribution in [3.05, 3.63) is 121 Å². The van der Waals surface area contributed by atoms with Crippen molar-refractivity contribution < 1.29 is 9.59 Å². The molecule has 3 nitrogen and oxygen atoms in total. The van der Waals surface area contributed by atoms with Crippen LogP contribution in [0.4, 0.5) is 5.69 Å². The molecule has 0 N–H and O–H groups in total. The number of amides is 2. The lowest BCUT2D eigenvalue weighted by Gasteiger charge is -2.29. The number of rotatable bonds is 5. The standard InChI is InChI=1S/C28H24NO2P/c1-23(30)29(24-14-6-2-7-15-24)28(31)22-32(25-16-8-3-9-17-25,26-18-10-4-11-19-26)27-20-12-5-13-21-27/h2-22H,1H3. The van der Waals surface area contributed by atoms with Gasteiger partial charge in [-0.15, -0.1) is 0 Å². The average molecular weight is 437 g/mol. The Bertz CT molecular complexity index is 1150. The van der Waals surface area contributed by atoms with Crippen molar-refractivity contribution in [2.24, 2.45) is 0 Å². The molecule has 0 aliphatic carbocycles. The number of para-hydroxylation sites is 1. The van der Waals surface area contributed by atoms with Gasteiger partial charge in [0.05, 0.1) is 5.69 Å². The molecule has 0 atom stereocenters. The highest BCUT2D eigenvalue weighted by molar-refractivity contribution is 7.95. The Hall–Kier alpha value is -3.68. The molecule has 0 bridgehead atoms. The molecule has 0 saturated heterocycles. The maximum Gasteiger partial charge on any atom is 0.258 e. The van der Waals surface area contributed by atoms with E-state index in [4.69, 9.17) is 0 Å². The van der Waals surface area contributed by atoms with Gasteiger partial charge in [-0.2, -0.15) is 0 Å². The molecule has 0 radical (unpaired) electrons. The van der Waals surface area contributed by atoms with Gasteiger partial charge in [0.1, 0.15) is 0 Å². The van der Waals surface area contributed by atoms with Gasteiger partial charge in [-0.1, -0.05) is 109 Å². The van der Waals surface area contributed by atoms with Crippen molar-refractivity contribution in [3.63, 3.8) is 0 Å². The van der Waals surface area contributed by atoms with Crippen LogP contribution in [-0.2, 0) is 9.59 Å². The molecule has 0 saturated carbocycles. The van der Waals surface area contributed by atoms with Gasteiger partial charge >= 0.3 is 0 Å². The number of carbonyl (C=O) groups excluding carboxylic acids is 2. The van der Waals surface area contributed by atoms with Crippen molar-refractivity contribution in [3.8, 4) is 0 Å². The molecule has 4 rings (SSSR count). The van der Waals surface area contributed by atoms with E-state index < -0.39 is 6.89 Å². The van der Waals surface area contributed by atoms with Gasteiger partial charge in [-0.05, 0) is 34.9 Å². The normalized spacial score (nSPS) is 10.9. The van der Waals surface area contributed by atoms with E-state index in [-0.39, 0.29) is 11.8 Å².